The van der Waals surface area contributed by atoms with Gasteiger partial charge >= 0.3 is 0 Å². The third-order valence-corrected chi connectivity index (χ3v) is 4.95. The minimum atomic E-state index is -0.0490. The Bertz CT molecular complexity index is 814. The molecule has 3 N–H and O–H groups in total. The molecule has 3 aliphatic rings. The van der Waals surface area contributed by atoms with Crippen molar-refractivity contribution >= 4 is 35.8 Å². The molecule has 0 spiro atoms. The molecule has 8 heteroatoms. The number of hydrogen-bond acceptors (Lipinski definition) is 6. The molecule has 1 aromatic carbocycles. The minimum absolute atomic E-state index is 0. The lowest BCUT2D eigenvalue weighted by Crippen LogP contribution is -2.67. The molecule has 27 heavy (non-hydrogen) atoms. The Hall–Kier alpha value is -2.38. The Morgan fingerprint density at radius 3 is 2.70 bits per heavy atom. The quantitative estimate of drug-likeness (QED) is 0.728. The third-order valence-electron chi connectivity index (χ3n) is 4.95. The number of anilines is 3. The second-order valence-corrected chi connectivity index (χ2v) is 6.95. The van der Waals surface area contributed by atoms with Crippen LogP contribution in [0, 0.1) is 6.92 Å². The molecule has 1 aromatic heterocycles. The number of amides is 1. The molecular weight excluding hydrogens is 364 g/mol. The number of fused-ring (bicyclic) bond motifs is 2. The minimum Gasteiger partial charge on any atom is -0.353 e. The van der Waals surface area contributed by atoms with Gasteiger partial charge in [-0.05, 0) is 50.1 Å². The van der Waals surface area contributed by atoms with Gasteiger partial charge in [-0.1, -0.05) is 0 Å². The molecule has 7 nitrogen and oxygen atoms in total. The monoisotopic (exact) mass is 388 g/mol. The van der Waals surface area contributed by atoms with E-state index in [2.05, 4.69) is 30.8 Å². The summed E-state index contributed by atoms with van der Waals surface area (Å²) in [6.45, 7) is 6.45. The number of halogens is 1. The molecule has 2 bridgehead atoms. The molecule has 3 aliphatic heterocycles. The van der Waals surface area contributed by atoms with Crippen molar-refractivity contribution in [3.8, 4) is 0 Å². The van der Waals surface area contributed by atoms with Gasteiger partial charge in [0.15, 0.2) is 0 Å². The fraction of sp³-hybridized carbons (Fsp3) is 0.421. The Morgan fingerprint density at radius 2 is 2.04 bits per heavy atom. The normalized spacial score (nSPS) is 20.3. The van der Waals surface area contributed by atoms with Gasteiger partial charge in [-0.25, -0.2) is 4.98 Å². The lowest BCUT2D eigenvalue weighted by atomic mass is 9.91. The summed E-state index contributed by atoms with van der Waals surface area (Å²) in [5.74, 6) is 1.47. The standard InChI is InChI=1S/C19H24N6O.ClH/c1-3-20-18(26)16-5-4-13(8-12(16)2)23-19-21-7-6-17(24-19)25-10-14-9-15(11-25)22-14;/h4-8,14-15,22H,3,9-11H2,1-2H3,(H,20,26)(H,21,23,24);1H. The zero-order chi connectivity index (χ0) is 18.1. The second-order valence-electron chi connectivity index (χ2n) is 6.95. The summed E-state index contributed by atoms with van der Waals surface area (Å²) < 4.78 is 0. The fourth-order valence-corrected chi connectivity index (χ4v) is 3.67. The zero-order valence-electron chi connectivity index (χ0n) is 15.5. The van der Waals surface area contributed by atoms with Gasteiger partial charge in [0.05, 0.1) is 0 Å². The van der Waals surface area contributed by atoms with Crippen molar-refractivity contribution in [3.63, 3.8) is 0 Å². The highest BCUT2D eigenvalue weighted by atomic mass is 35.5. The molecule has 5 rings (SSSR count). The van der Waals surface area contributed by atoms with Crippen LogP contribution in [0.25, 0.3) is 0 Å². The number of piperazine rings is 1. The van der Waals surface area contributed by atoms with E-state index < -0.39 is 0 Å². The van der Waals surface area contributed by atoms with E-state index in [4.69, 9.17) is 0 Å². The number of nitrogens with one attached hydrogen (secondary N) is 3. The molecule has 2 atom stereocenters. The van der Waals surface area contributed by atoms with Gasteiger partial charge in [0, 0.05) is 49.2 Å². The maximum absolute atomic E-state index is 12.0. The molecule has 3 fully saturated rings. The smallest absolute Gasteiger partial charge is 0.251 e. The Morgan fingerprint density at radius 1 is 1.30 bits per heavy atom. The first kappa shape index (κ1) is 19.4. The van der Waals surface area contributed by atoms with Crippen LogP contribution in [0.2, 0.25) is 0 Å². The van der Waals surface area contributed by atoms with E-state index in [1.54, 1.807) is 6.20 Å². The first-order valence-electron chi connectivity index (χ1n) is 9.12. The summed E-state index contributed by atoms with van der Waals surface area (Å²) in [6, 6.07) is 8.79. The van der Waals surface area contributed by atoms with Crippen LogP contribution in [0.1, 0.15) is 29.3 Å². The van der Waals surface area contributed by atoms with Crippen molar-refractivity contribution in [1.82, 2.24) is 20.6 Å². The van der Waals surface area contributed by atoms with Crippen molar-refractivity contribution in [2.45, 2.75) is 32.4 Å². The van der Waals surface area contributed by atoms with Crippen LogP contribution in [0.5, 0.6) is 0 Å². The summed E-state index contributed by atoms with van der Waals surface area (Å²) in [4.78, 5) is 23.3. The van der Waals surface area contributed by atoms with Crippen LogP contribution in [0.4, 0.5) is 17.5 Å². The lowest BCUT2D eigenvalue weighted by molar-refractivity contribution is 0.0955. The van der Waals surface area contributed by atoms with Gasteiger partial charge in [0.1, 0.15) is 5.82 Å². The Balaban J connectivity index is 0.00000210. The van der Waals surface area contributed by atoms with Crippen molar-refractivity contribution in [1.29, 1.82) is 0 Å². The lowest BCUT2D eigenvalue weighted by Gasteiger charge is -2.48. The van der Waals surface area contributed by atoms with Crippen LogP contribution in [-0.4, -0.2) is 47.6 Å². The average Bonchev–Trinajstić information content (AvgIpc) is 2.62. The van der Waals surface area contributed by atoms with Crippen LogP contribution >= 0.6 is 12.4 Å². The van der Waals surface area contributed by atoms with Gasteiger partial charge < -0.3 is 20.9 Å². The number of aromatic nitrogens is 2. The topological polar surface area (TPSA) is 82.2 Å². The molecule has 2 unspecified atom stereocenters. The molecule has 0 radical (unpaired) electrons. The summed E-state index contributed by atoms with van der Waals surface area (Å²) >= 11 is 0. The van der Waals surface area contributed by atoms with Gasteiger partial charge in [0.2, 0.25) is 5.95 Å². The molecule has 2 aromatic rings. The summed E-state index contributed by atoms with van der Waals surface area (Å²) in [5, 5.41) is 9.61. The maximum atomic E-state index is 12.0. The number of nitrogens with zero attached hydrogens (tertiary/aromatic N) is 3. The molecule has 4 heterocycles. The fourth-order valence-electron chi connectivity index (χ4n) is 3.67. The number of aryl methyl sites for hydroxylation is 1. The number of piperidine rings is 1. The van der Waals surface area contributed by atoms with Gasteiger partial charge in [-0.15, -0.1) is 12.4 Å². The van der Waals surface area contributed by atoms with E-state index in [-0.39, 0.29) is 18.3 Å². The van der Waals surface area contributed by atoms with Crippen LogP contribution in [0.15, 0.2) is 30.5 Å². The molecular formula is C19H25ClN6O. The van der Waals surface area contributed by atoms with E-state index in [1.807, 2.05) is 38.1 Å². The van der Waals surface area contributed by atoms with Crippen LogP contribution in [-0.2, 0) is 0 Å². The molecule has 144 valence electrons. The predicted octanol–water partition coefficient (Wildman–Crippen LogP) is 2.25. The number of rotatable bonds is 5. The third kappa shape index (κ3) is 4.14. The van der Waals surface area contributed by atoms with E-state index in [0.717, 1.165) is 30.2 Å². The molecule has 0 aliphatic carbocycles. The predicted molar refractivity (Wildman–Crippen MR) is 109 cm³/mol. The van der Waals surface area contributed by atoms with E-state index in [9.17, 15) is 4.79 Å². The first-order chi connectivity index (χ1) is 12.6. The second kappa shape index (κ2) is 8.10. The molecule has 1 amide bonds. The van der Waals surface area contributed by atoms with Gasteiger partial charge in [0.25, 0.3) is 5.91 Å². The highest BCUT2D eigenvalue weighted by Crippen LogP contribution is 2.26. The number of carbonyl (C=O) groups excluding carboxylic acids is 1. The average molecular weight is 389 g/mol. The molecule has 3 saturated heterocycles. The number of hydrogen-bond donors (Lipinski definition) is 3. The maximum Gasteiger partial charge on any atom is 0.251 e. The zero-order valence-corrected chi connectivity index (χ0v) is 16.3. The number of benzene rings is 1. The Kier molecular flexibility index (Phi) is 5.82. The first-order valence-corrected chi connectivity index (χ1v) is 9.12. The largest absolute Gasteiger partial charge is 0.353 e. The van der Waals surface area contributed by atoms with Crippen molar-refractivity contribution in [3.05, 3.63) is 41.6 Å². The van der Waals surface area contributed by atoms with Crippen LogP contribution in [0.3, 0.4) is 0 Å². The SMILES string of the molecule is CCNC(=O)c1ccc(Nc2nccc(N3CC4CC(C3)N4)n2)cc1C.Cl. The van der Waals surface area contributed by atoms with Crippen LogP contribution < -0.4 is 20.9 Å². The number of carbonyl (C=O) groups is 1. The van der Waals surface area contributed by atoms with Gasteiger partial charge in [-0.3, -0.25) is 4.79 Å². The Labute approximate surface area is 165 Å². The van der Waals surface area contributed by atoms with E-state index in [1.165, 1.54) is 6.42 Å². The van der Waals surface area contributed by atoms with E-state index >= 15 is 0 Å². The van der Waals surface area contributed by atoms with E-state index in [0.29, 0.717) is 30.1 Å². The highest BCUT2D eigenvalue weighted by Gasteiger charge is 2.36. The molecule has 0 saturated carbocycles. The summed E-state index contributed by atoms with van der Waals surface area (Å²) in [6.07, 6.45) is 3.05. The summed E-state index contributed by atoms with van der Waals surface area (Å²) in [5.41, 5.74) is 2.47. The highest BCUT2D eigenvalue weighted by molar-refractivity contribution is 5.96. The van der Waals surface area contributed by atoms with Crippen molar-refractivity contribution < 1.29 is 4.79 Å². The van der Waals surface area contributed by atoms with Crippen molar-refractivity contribution in [2.75, 3.05) is 29.9 Å². The summed E-state index contributed by atoms with van der Waals surface area (Å²) in [7, 11) is 0. The van der Waals surface area contributed by atoms with Crippen molar-refractivity contribution in [2.24, 2.45) is 0 Å². The van der Waals surface area contributed by atoms with Gasteiger partial charge in [-0.2, -0.15) is 4.98 Å².